The van der Waals surface area contributed by atoms with Crippen molar-refractivity contribution in [2.45, 2.75) is 35.4 Å². The predicted octanol–water partition coefficient (Wildman–Crippen LogP) is 5.15. The fourth-order valence-electron chi connectivity index (χ4n) is 4.24. The number of nitrogens with two attached hydrogens (primary N) is 1. The summed E-state index contributed by atoms with van der Waals surface area (Å²) in [6.45, 7) is 4.07. The number of piperidine rings is 1. The lowest BCUT2D eigenvalue weighted by molar-refractivity contribution is 0.361. The maximum Gasteiger partial charge on any atom is 0.178 e. The number of anilines is 1. The summed E-state index contributed by atoms with van der Waals surface area (Å²) in [4.78, 5) is 17.1. The summed E-state index contributed by atoms with van der Waals surface area (Å²) in [6.07, 6.45) is 7.75. The normalized spacial score (nSPS) is 19.6. The quantitative estimate of drug-likeness (QED) is 0.434. The van der Waals surface area contributed by atoms with Gasteiger partial charge in [0.25, 0.3) is 0 Å². The average Bonchev–Trinajstić information content (AvgIpc) is 3.22. The third kappa shape index (κ3) is 5.22. The first-order valence-electron chi connectivity index (χ1n) is 11.4. The van der Waals surface area contributed by atoms with Crippen LogP contribution >= 0.6 is 23.5 Å². The smallest absolute Gasteiger partial charge is 0.178 e. The van der Waals surface area contributed by atoms with Crippen molar-refractivity contribution in [3.63, 3.8) is 0 Å². The predicted molar refractivity (Wildman–Crippen MR) is 139 cm³/mol. The summed E-state index contributed by atoms with van der Waals surface area (Å²) in [7, 11) is 0. The van der Waals surface area contributed by atoms with Gasteiger partial charge in [0.1, 0.15) is 17.1 Å². The highest BCUT2D eigenvalue weighted by Crippen LogP contribution is 2.45. The van der Waals surface area contributed by atoms with Gasteiger partial charge in [0.2, 0.25) is 0 Å². The third-order valence-corrected chi connectivity index (χ3v) is 8.25. The average molecular weight is 493 g/mol. The van der Waals surface area contributed by atoms with Crippen molar-refractivity contribution in [3.05, 3.63) is 78.0 Å². The molecule has 0 amide bonds. The topological polar surface area (TPSA) is 89.2 Å². The van der Waals surface area contributed by atoms with Gasteiger partial charge in [-0.1, -0.05) is 30.0 Å². The van der Waals surface area contributed by atoms with E-state index in [9.17, 15) is 0 Å². The molecule has 34 heavy (non-hydrogen) atoms. The van der Waals surface area contributed by atoms with E-state index in [0.717, 1.165) is 48.1 Å². The maximum atomic E-state index is 6.37. The summed E-state index contributed by atoms with van der Waals surface area (Å²) in [6, 6.07) is 13.7. The van der Waals surface area contributed by atoms with Crippen LogP contribution in [0.15, 0.2) is 77.1 Å². The lowest BCUT2D eigenvalue weighted by Gasteiger charge is -2.30. The number of hydrogen-bond acceptors (Lipinski definition) is 9. The molecule has 9 heteroatoms. The standard InChI is InChI=1S/C25H28N6OS2/c1-17-16-33-25(26)31(17)24-21(32-19-6-3-2-4-7-19)14-20(15-30-24)34-22(18-8-12-27-13-9-18)23-28-10-5-11-29-23/h2-7,10-11,14-16,18,22,25,27H,8-9,12-13,26H2,1H3. The number of aromatic nitrogens is 3. The molecule has 1 saturated heterocycles. The van der Waals surface area contributed by atoms with Gasteiger partial charge in [0, 0.05) is 29.2 Å². The van der Waals surface area contributed by atoms with Crippen LogP contribution < -0.4 is 20.7 Å². The van der Waals surface area contributed by atoms with Crippen LogP contribution in [0.3, 0.4) is 0 Å². The minimum absolute atomic E-state index is 0.145. The van der Waals surface area contributed by atoms with Crippen LogP contribution in [0.1, 0.15) is 30.8 Å². The summed E-state index contributed by atoms with van der Waals surface area (Å²) in [5.74, 6) is 3.51. The molecule has 0 spiro atoms. The summed E-state index contributed by atoms with van der Waals surface area (Å²) in [5, 5.41) is 5.66. The second kappa shape index (κ2) is 10.8. The Labute approximate surface area is 208 Å². The molecule has 3 aromatic rings. The third-order valence-electron chi connectivity index (χ3n) is 5.93. The molecule has 2 unspecified atom stereocenters. The van der Waals surface area contributed by atoms with E-state index in [1.807, 2.05) is 66.8 Å². The number of para-hydroxylation sites is 1. The Kier molecular flexibility index (Phi) is 7.34. The SMILES string of the molecule is CC1=CSC(N)N1c1ncc(SC(c2ncccn2)C2CCNCC2)cc1Oc1ccccc1. The van der Waals surface area contributed by atoms with E-state index in [1.54, 1.807) is 23.5 Å². The van der Waals surface area contributed by atoms with Gasteiger partial charge in [0.15, 0.2) is 11.6 Å². The van der Waals surface area contributed by atoms with E-state index in [1.165, 1.54) is 0 Å². The van der Waals surface area contributed by atoms with E-state index in [-0.39, 0.29) is 10.7 Å². The van der Waals surface area contributed by atoms with E-state index >= 15 is 0 Å². The van der Waals surface area contributed by atoms with Crippen LogP contribution in [-0.2, 0) is 0 Å². The van der Waals surface area contributed by atoms with Crippen LogP contribution in [0.25, 0.3) is 0 Å². The zero-order valence-electron chi connectivity index (χ0n) is 19.0. The number of pyridine rings is 1. The molecule has 4 heterocycles. The summed E-state index contributed by atoms with van der Waals surface area (Å²) >= 11 is 3.33. The Morgan fingerprint density at radius 3 is 2.59 bits per heavy atom. The summed E-state index contributed by atoms with van der Waals surface area (Å²) in [5.41, 5.74) is 7.19. The second-order valence-electron chi connectivity index (χ2n) is 8.30. The number of nitrogens with one attached hydrogen (secondary N) is 1. The van der Waals surface area contributed by atoms with Crippen LogP contribution in [-0.4, -0.2) is 33.5 Å². The molecule has 1 aromatic carbocycles. The Morgan fingerprint density at radius 1 is 1.12 bits per heavy atom. The Hall–Kier alpha value is -2.59. The van der Waals surface area contributed by atoms with E-state index in [0.29, 0.717) is 17.5 Å². The van der Waals surface area contributed by atoms with Gasteiger partial charge < -0.3 is 20.7 Å². The van der Waals surface area contributed by atoms with Gasteiger partial charge in [0.05, 0.1) is 5.25 Å². The van der Waals surface area contributed by atoms with Gasteiger partial charge in [-0.25, -0.2) is 15.0 Å². The number of allylic oxidation sites excluding steroid dienone is 1. The van der Waals surface area contributed by atoms with Crippen LogP contribution in [0, 0.1) is 5.92 Å². The van der Waals surface area contributed by atoms with E-state index in [4.69, 9.17) is 15.5 Å². The van der Waals surface area contributed by atoms with Crippen molar-refractivity contribution >= 4 is 29.3 Å². The number of rotatable bonds is 7. The summed E-state index contributed by atoms with van der Waals surface area (Å²) < 4.78 is 6.34. The number of thioether (sulfide) groups is 2. The molecule has 176 valence electrons. The van der Waals surface area contributed by atoms with E-state index < -0.39 is 0 Å². The fourth-order valence-corrected chi connectivity index (χ4v) is 6.35. The molecule has 2 aliphatic heterocycles. The van der Waals surface area contributed by atoms with Gasteiger partial charge in [-0.3, -0.25) is 0 Å². The Morgan fingerprint density at radius 2 is 1.88 bits per heavy atom. The molecule has 0 radical (unpaired) electrons. The zero-order valence-corrected chi connectivity index (χ0v) is 20.6. The van der Waals surface area contributed by atoms with Crippen LogP contribution in [0.5, 0.6) is 11.5 Å². The molecule has 2 aliphatic rings. The van der Waals surface area contributed by atoms with Crippen molar-refractivity contribution < 1.29 is 4.74 Å². The monoisotopic (exact) mass is 492 g/mol. The van der Waals surface area contributed by atoms with Gasteiger partial charge in [-0.2, -0.15) is 0 Å². The number of ether oxygens (including phenoxy) is 1. The highest BCUT2D eigenvalue weighted by molar-refractivity contribution is 8.03. The highest BCUT2D eigenvalue weighted by Gasteiger charge is 2.30. The highest BCUT2D eigenvalue weighted by atomic mass is 32.2. The lowest BCUT2D eigenvalue weighted by Crippen LogP contribution is -2.35. The molecule has 3 N–H and O–H groups in total. The minimum Gasteiger partial charge on any atom is -0.453 e. The van der Waals surface area contributed by atoms with Crippen LogP contribution in [0.4, 0.5) is 5.82 Å². The fraction of sp³-hybridized carbons (Fsp3) is 0.320. The molecular formula is C25H28N6OS2. The van der Waals surface area contributed by atoms with Crippen molar-refractivity contribution in [2.75, 3.05) is 18.0 Å². The molecule has 5 rings (SSSR count). The van der Waals surface area contributed by atoms with Crippen molar-refractivity contribution in [3.8, 4) is 11.5 Å². The molecule has 1 fully saturated rings. The van der Waals surface area contributed by atoms with Crippen molar-refractivity contribution in [1.29, 1.82) is 0 Å². The zero-order chi connectivity index (χ0) is 23.3. The molecule has 2 atom stereocenters. The minimum atomic E-state index is -0.232. The largest absolute Gasteiger partial charge is 0.453 e. The first-order chi connectivity index (χ1) is 16.7. The Balaban J connectivity index is 1.49. The van der Waals surface area contributed by atoms with Gasteiger partial charge in [-0.15, -0.1) is 11.8 Å². The molecule has 0 bridgehead atoms. The number of benzene rings is 1. The molecular weight excluding hydrogens is 464 g/mol. The number of nitrogens with zero attached hydrogens (tertiary/aromatic N) is 4. The van der Waals surface area contributed by atoms with Gasteiger partial charge in [-0.05, 0) is 68.4 Å². The first kappa shape index (κ1) is 23.2. The van der Waals surface area contributed by atoms with Crippen molar-refractivity contribution in [1.82, 2.24) is 20.3 Å². The molecule has 7 nitrogen and oxygen atoms in total. The maximum absolute atomic E-state index is 6.37. The second-order valence-corrected chi connectivity index (χ2v) is 10.5. The first-order valence-corrected chi connectivity index (χ1v) is 13.3. The lowest BCUT2D eigenvalue weighted by atomic mass is 9.94. The van der Waals surface area contributed by atoms with Crippen LogP contribution in [0.2, 0.25) is 0 Å². The molecule has 2 aromatic heterocycles. The molecule has 0 aliphatic carbocycles. The van der Waals surface area contributed by atoms with Gasteiger partial charge >= 0.3 is 0 Å². The Bertz CT molecular complexity index is 1120. The van der Waals surface area contributed by atoms with E-state index in [2.05, 4.69) is 26.8 Å². The number of hydrogen-bond donors (Lipinski definition) is 2. The van der Waals surface area contributed by atoms with Crippen molar-refractivity contribution in [2.24, 2.45) is 11.7 Å². The molecule has 0 saturated carbocycles.